The molecule has 0 aliphatic heterocycles. The molecule has 0 aliphatic rings. The van der Waals surface area contributed by atoms with Crippen molar-refractivity contribution < 1.29 is 9.21 Å². The van der Waals surface area contributed by atoms with E-state index in [0.29, 0.717) is 5.76 Å². The molecule has 2 rings (SSSR count). The van der Waals surface area contributed by atoms with Crippen molar-refractivity contribution in [3.8, 4) is 0 Å². The van der Waals surface area contributed by atoms with Crippen LogP contribution in [0.5, 0.6) is 0 Å². The van der Waals surface area contributed by atoms with Gasteiger partial charge in [0.25, 0.3) is 5.91 Å². The van der Waals surface area contributed by atoms with Gasteiger partial charge in [-0.3, -0.25) is 4.79 Å². The average molecular weight is 273 g/mol. The number of benzene rings is 1. The molecule has 1 aromatic heterocycles. The minimum atomic E-state index is -0.268. The molecule has 5 nitrogen and oxygen atoms in total. The zero-order valence-corrected chi connectivity index (χ0v) is 11.7. The lowest BCUT2D eigenvalue weighted by molar-refractivity contribution is 0.0995. The summed E-state index contributed by atoms with van der Waals surface area (Å²) >= 11 is 0. The maximum absolute atomic E-state index is 12.1. The fraction of sp³-hybridized carbons (Fsp3) is 0.267. The minimum Gasteiger partial charge on any atom is -0.455 e. The molecule has 0 atom stereocenters. The first kappa shape index (κ1) is 14.3. The van der Waals surface area contributed by atoms with E-state index in [-0.39, 0.29) is 18.2 Å². The molecule has 1 aromatic carbocycles. The van der Waals surface area contributed by atoms with E-state index in [2.05, 4.69) is 5.32 Å². The quantitative estimate of drug-likeness (QED) is 0.874. The lowest BCUT2D eigenvalue weighted by Gasteiger charge is -2.14. The van der Waals surface area contributed by atoms with Crippen molar-refractivity contribution in [2.75, 3.05) is 19.4 Å². The molecule has 0 fully saturated rings. The molecule has 5 heteroatoms. The lowest BCUT2D eigenvalue weighted by Crippen LogP contribution is -2.16. The summed E-state index contributed by atoms with van der Waals surface area (Å²) in [5.41, 5.74) is 7.30. The van der Waals surface area contributed by atoms with Gasteiger partial charge in [0.05, 0.1) is 6.54 Å². The third kappa shape index (κ3) is 3.46. The highest BCUT2D eigenvalue weighted by molar-refractivity contribution is 6.02. The summed E-state index contributed by atoms with van der Waals surface area (Å²) in [6, 6.07) is 11.1. The van der Waals surface area contributed by atoms with E-state index in [4.69, 9.17) is 10.2 Å². The number of amides is 1. The highest BCUT2D eigenvalue weighted by Crippen LogP contribution is 2.18. The second kappa shape index (κ2) is 6.36. The SMILES string of the molecule is CN(C)Cc1ccccc1NC(=O)c1ccc(CN)o1. The van der Waals surface area contributed by atoms with E-state index in [0.717, 1.165) is 17.8 Å². The van der Waals surface area contributed by atoms with Gasteiger partial charge in [-0.25, -0.2) is 0 Å². The fourth-order valence-corrected chi connectivity index (χ4v) is 1.91. The molecule has 0 saturated heterocycles. The van der Waals surface area contributed by atoms with E-state index in [1.54, 1.807) is 12.1 Å². The van der Waals surface area contributed by atoms with Crippen molar-refractivity contribution in [1.29, 1.82) is 0 Å². The maximum atomic E-state index is 12.1. The summed E-state index contributed by atoms with van der Waals surface area (Å²) in [4.78, 5) is 14.2. The molecule has 106 valence electrons. The predicted octanol–water partition coefficient (Wildman–Crippen LogP) is 2.05. The molecule has 0 bridgehead atoms. The molecule has 0 unspecified atom stereocenters. The van der Waals surface area contributed by atoms with Crippen LogP contribution in [0.4, 0.5) is 5.69 Å². The molecule has 0 spiro atoms. The van der Waals surface area contributed by atoms with Crippen LogP contribution in [0.25, 0.3) is 0 Å². The van der Waals surface area contributed by atoms with Crippen LogP contribution in [0.15, 0.2) is 40.8 Å². The number of anilines is 1. The van der Waals surface area contributed by atoms with Gasteiger partial charge in [-0.05, 0) is 37.9 Å². The summed E-state index contributed by atoms with van der Waals surface area (Å²) in [6.07, 6.45) is 0. The molecule has 1 amide bonds. The van der Waals surface area contributed by atoms with Gasteiger partial charge < -0.3 is 20.4 Å². The van der Waals surface area contributed by atoms with Crippen molar-refractivity contribution in [3.05, 3.63) is 53.5 Å². The number of hydrogen-bond acceptors (Lipinski definition) is 4. The first-order valence-corrected chi connectivity index (χ1v) is 6.43. The van der Waals surface area contributed by atoms with Crippen LogP contribution in [-0.4, -0.2) is 24.9 Å². The second-order valence-electron chi connectivity index (χ2n) is 4.82. The number of nitrogens with zero attached hydrogens (tertiary/aromatic N) is 1. The van der Waals surface area contributed by atoms with Gasteiger partial charge in [-0.1, -0.05) is 18.2 Å². The van der Waals surface area contributed by atoms with Crippen molar-refractivity contribution in [2.45, 2.75) is 13.1 Å². The number of rotatable bonds is 5. The summed E-state index contributed by atoms with van der Waals surface area (Å²) in [7, 11) is 3.97. The van der Waals surface area contributed by atoms with Crippen molar-refractivity contribution in [1.82, 2.24) is 4.90 Å². The highest BCUT2D eigenvalue weighted by Gasteiger charge is 2.13. The van der Waals surface area contributed by atoms with E-state index in [9.17, 15) is 4.79 Å². The summed E-state index contributed by atoms with van der Waals surface area (Å²) in [6.45, 7) is 1.03. The van der Waals surface area contributed by atoms with Gasteiger partial charge in [-0.15, -0.1) is 0 Å². The topological polar surface area (TPSA) is 71.5 Å². The Hall–Kier alpha value is -2.11. The largest absolute Gasteiger partial charge is 0.455 e. The number of carbonyl (C=O) groups excluding carboxylic acids is 1. The first-order chi connectivity index (χ1) is 9.60. The average Bonchev–Trinajstić information content (AvgIpc) is 2.89. The Kier molecular flexibility index (Phi) is 4.55. The number of furan rings is 1. The van der Waals surface area contributed by atoms with Gasteiger partial charge >= 0.3 is 0 Å². The second-order valence-corrected chi connectivity index (χ2v) is 4.82. The fourth-order valence-electron chi connectivity index (χ4n) is 1.91. The molecule has 3 N–H and O–H groups in total. The molecule has 2 aromatic rings. The Morgan fingerprint density at radius 1 is 1.25 bits per heavy atom. The van der Waals surface area contributed by atoms with Crippen molar-refractivity contribution in [2.24, 2.45) is 5.73 Å². The molecule has 0 saturated carbocycles. The van der Waals surface area contributed by atoms with Gasteiger partial charge in [-0.2, -0.15) is 0 Å². The van der Waals surface area contributed by atoms with Crippen LogP contribution in [-0.2, 0) is 13.1 Å². The first-order valence-electron chi connectivity index (χ1n) is 6.43. The Labute approximate surface area is 118 Å². The summed E-state index contributed by atoms with van der Waals surface area (Å²) in [5.74, 6) is 0.595. The number of carbonyl (C=O) groups is 1. The van der Waals surface area contributed by atoms with Crippen LogP contribution < -0.4 is 11.1 Å². The number of nitrogens with one attached hydrogen (secondary N) is 1. The molecule has 0 radical (unpaired) electrons. The minimum absolute atomic E-state index is 0.268. The van der Waals surface area contributed by atoms with E-state index >= 15 is 0 Å². The van der Waals surface area contributed by atoms with Gasteiger partial charge in [0.2, 0.25) is 0 Å². The predicted molar refractivity (Wildman–Crippen MR) is 78.4 cm³/mol. The third-order valence-electron chi connectivity index (χ3n) is 2.84. The normalized spacial score (nSPS) is 10.8. The molecule has 1 heterocycles. The number of nitrogens with two attached hydrogens (primary N) is 1. The lowest BCUT2D eigenvalue weighted by atomic mass is 10.1. The smallest absolute Gasteiger partial charge is 0.291 e. The van der Waals surface area contributed by atoms with E-state index in [1.165, 1.54) is 0 Å². The zero-order chi connectivity index (χ0) is 14.5. The highest BCUT2D eigenvalue weighted by atomic mass is 16.4. The van der Waals surface area contributed by atoms with Crippen molar-refractivity contribution >= 4 is 11.6 Å². The molecular weight excluding hydrogens is 254 g/mol. The Morgan fingerprint density at radius 2 is 2.00 bits per heavy atom. The maximum Gasteiger partial charge on any atom is 0.291 e. The van der Waals surface area contributed by atoms with Crippen LogP contribution >= 0.6 is 0 Å². The Balaban J connectivity index is 2.15. The number of hydrogen-bond donors (Lipinski definition) is 2. The van der Waals surface area contributed by atoms with Crippen LogP contribution in [0, 0.1) is 0 Å². The zero-order valence-electron chi connectivity index (χ0n) is 11.7. The van der Waals surface area contributed by atoms with Crippen LogP contribution in [0.3, 0.4) is 0 Å². The monoisotopic (exact) mass is 273 g/mol. The van der Waals surface area contributed by atoms with Crippen LogP contribution in [0.1, 0.15) is 21.9 Å². The standard InChI is InChI=1S/C15H19N3O2/c1-18(2)10-11-5-3-4-6-13(11)17-15(19)14-8-7-12(9-16)20-14/h3-8H,9-10,16H2,1-2H3,(H,17,19). The van der Waals surface area contributed by atoms with Gasteiger partial charge in [0, 0.05) is 12.2 Å². The number of para-hydroxylation sites is 1. The van der Waals surface area contributed by atoms with Crippen molar-refractivity contribution in [3.63, 3.8) is 0 Å². The van der Waals surface area contributed by atoms with E-state index < -0.39 is 0 Å². The Morgan fingerprint density at radius 3 is 2.65 bits per heavy atom. The molecule has 0 aliphatic carbocycles. The molecular formula is C15H19N3O2. The third-order valence-corrected chi connectivity index (χ3v) is 2.84. The van der Waals surface area contributed by atoms with E-state index in [1.807, 2.05) is 43.3 Å². The summed E-state index contributed by atoms with van der Waals surface area (Å²) in [5, 5.41) is 2.87. The Bertz CT molecular complexity index is 590. The molecule has 20 heavy (non-hydrogen) atoms. The van der Waals surface area contributed by atoms with Gasteiger partial charge in [0.1, 0.15) is 5.76 Å². The van der Waals surface area contributed by atoms with Gasteiger partial charge in [0.15, 0.2) is 5.76 Å². The van der Waals surface area contributed by atoms with Crippen LogP contribution in [0.2, 0.25) is 0 Å². The summed E-state index contributed by atoms with van der Waals surface area (Å²) < 4.78 is 5.34.